The van der Waals surface area contributed by atoms with Crippen molar-refractivity contribution in [1.29, 1.82) is 0 Å². The Labute approximate surface area is 198 Å². The molecule has 0 aliphatic heterocycles. The Morgan fingerprint density at radius 2 is 1.06 bits per heavy atom. The van der Waals surface area contributed by atoms with E-state index in [0.717, 1.165) is 13.0 Å². The summed E-state index contributed by atoms with van der Waals surface area (Å²) < 4.78 is 2.48. The normalized spacial score (nSPS) is 11.9. The number of nitrogens with zero attached hydrogens (tertiary/aromatic N) is 1. The first kappa shape index (κ1) is 19.4. The largest absolute Gasteiger partial charge is 0.341 e. The Kier molecular flexibility index (Phi) is 4.25. The molecule has 162 valence electrons. The fraction of sp³-hybridized carbons (Fsp3) is 0.0909. The van der Waals surface area contributed by atoms with E-state index in [4.69, 9.17) is 0 Å². The van der Waals surface area contributed by atoms with E-state index in [-0.39, 0.29) is 0 Å². The second-order valence-electron chi connectivity index (χ2n) is 9.22. The van der Waals surface area contributed by atoms with Gasteiger partial charge in [0, 0.05) is 22.8 Å². The first-order valence-corrected chi connectivity index (χ1v) is 12.1. The molecule has 0 aliphatic rings. The summed E-state index contributed by atoms with van der Waals surface area (Å²) in [5, 5.41) is 10.7. The predicted molar refractivity (Wildman–Crippen MR) is 147 cm³/mol. The van der Waals surface area contributed by atoms with Crippen LogP contribution in [0.5, 0.6) is 0 Å². The third kappa shape index (κ3) is 2.74. The Morgan fingerprint density at radius 1 is 0.500 bits per heavy atom. The van der Waals surface area contributed by atoms with Crippen LogP contribution in [-0.4, -0.2) is 4.57 Å². The molecule has 0 spiro atoms. The molecule has 7 rings (SSSR count). The summed E-state index contributed by atoms with van der Waals surface area (Å²) >= 11 is 0. The highest BCUT2D eigenvalue weighted by atomic mass is 15.0. The molecule has 0 radical (unpaired) electrons. The maximum atomic E-state index is 2.48. The molecule has 6 aromatic carbocycles. The molecule has 0 saturated carbocycles. The molecule has 34 heavy (non-hydrogen) atoms. The second kappa shape index (κ2) is 7.46. The number of aryl methyl sites for hydroxylation is 1. The van der Waals surface area contributed by atoms with E-state index in [1.165, 1.54) is 65.3 Å². The van der Waals surface area contributed by atoms with Crippen LogP contribution >= 0.6 is 0 Å². The number of aromatic nitrogens is 1. The molecule has 7 aromatic rings. The lowest BCUT2D eigenvalue weighted by Crippen LogP contribution is -1.98. The molecule has 0 bridgehead atoms. The minimum absolute atomic E-state index is 0.921. The summed E-state index contributed by atoms with van der Waals surface area (Å²) in [7, 11) is 0. The van der Waals surface area contributed by atoms with Crippen molar-refractivity contribution in [2.24, 2.45) is 0 Å². The van der Waals surface area contributed by atoms with Gasteiger partial charge in [-0.15, -0.1) is 0 Å². The highest BCUT2D eigenvalue weighted by molar-refractivity contribution is 6.25. The lowest BCUT2D eigenvalue weighted by molar-refractivity contribution is 0.823. The highest BCUT2D eigenvalue weighted by Crippen LogP contribution is 2.36. The van der Waals surface area contributed by atoms with E-state index in [9.17, 15) is 0 Å². The standard InChI is InChI=1S/C33H25N/c1-2-34-32-17-8-7-15-29(32)30-16-9-10-23(33(30)34)20-22-18-19-28-26-13-4-3-11-24(26)25-12-5-6-14-27(25)31(28)21-22/h3-19,21H,2,20H2,1H3. The van der Waals surface area contributed by atoms with Crippen LogP contribution < -0.4 is 0 Å². The van der Waals surface area contributed by atoms with Crippen molar-refractivity contribution in [3.8, 4) is 0 Å². The van der Waals surface area contributed by atoms with Gasteiger partial charge in [0.2, 0.25) is 0 Å². The molecule has 0 fully saturated rings. The van der Waals surface area contributed by atoms with E-state index in [2.05, 4.69) is 121 Å². The van der Waals surface area contributed by atoms with E-state index >= 15 is 0 Å². The van der Waals surface area contributed by atoms with Crippen LogP contribution in [0.15, 0.2) is 109 Å². The second-order valence-corrected chi connectivity index (χ2v) is 9.22. The molecule has 1 aromatic heterocycles. The Morgan fingerprint density at radius 3 is 1.74 bits per heavy atom. The minimum Gasteiger partial charge on any atom is -0.341 e. The van der Waals surface area contributed by atoms with Crippen LogP contribution in [0, 0.1) is 0 Å². The van der Waals surface area contributed by atoms with Gasteiger partial charge in [-0.3, -0.25) is 0 Å². The number of para-hydroxylation sites is 2. The summed E-state index contributed by atoms with van der Waals surface area (Å²) in [6.45, 7) is 3.21. The topological polar surface area (TPSA) is 4.93 Å². The number of benzene rings is 6. The number of hydrogen-bond acceptors (Lipinski definition) is 0. The van der Waals surface area contributed by atoms with Gasteiger partial charge >= 0.3 is 0 Å². The maximum absolute atomic E-state index is 2.48. The molecule has 1 heterocycles. The molecule has 1 heteroatoms. The van der Waals surface area contributed by atoms with Gasteiger partial charge in [0.15, 0.2) is 0 Å². The van der Waals surface area contributed by atoms with Crippen molar-refractivity contribution in [3.05, 3.63) is 120 Å². The van der Waals surface area contributed by atoms with Gasteiger partial charge in [0.1, 0.15) is 0 Å². The molecular weight excluding hydrogens is 410 g/mol. The van der Waals surface area contributed by atoms with Crippen molar-refractivity contribution < 1.29 is 0 Å². The van der Waals surface area contributed by atoms with Crippen molar-refractivity contribution in [1.82, 2.24) is 4.57 Å². The van der Waals surface area contributed by atoms with Gasteiger partial charge in [-0.1, -0.05) is 103 Å². The maximum Gasteiger partial charge on any atom is 0.0527 e. The minimum atomic E-state index is 0.921. The van der Waals surface area contributed by atoms with Crippen LogP contribution in [-0.2, 0) is 13.0 Å². The molecule has 0 N–H and O–H groups in total. The summed E-state index contributed by atoms with van der Waals surface area (Å²) in [6, 6.07) is 40.3. The van der Waals surface area contributed by atoms with Gasteiger partial charge in [-0.2, -0.15) is 0 Å². The molecule has 0 saturated heterocycles. The average Bonchev–Trinajstić information content (AvgIpc) is 3.23. The van der Waals surface area contributed by atoms with E-state index < -0.39 is 0 Å². The van der Waals surface area contributed by atoms with E-state index in [0.29, 0.717) is 0 Å². The number of rotatable bonds is 3. The van der Waals surface area contributed by atoms with Crippen molar-refractivity contribution in [2.75, 3.05) is 0 Å². The number of hydrogen-bond donors (Lipinski definition) is 0. The Balaban J connectivity index is 1.47. The van der Waals surface area contributed by atoms with Crippen LogP contribution in [0.1, 0.15) is 18.1 Å². The molecular formula is C33H25N. The van der Waals surface area contributed by atoms with Crippen molar-refractivity contribution in [3.63, 3.8) is 0 Å². The van der Waals surface area contributed by atoms with Crippen LogP contribution in [0.2, 0.25) is 0 Å². The Bertz CT molecular complexity index is 1830. The fourth-order valence-corrected chi connectivity index (χ4v) is 5.94. The van der Waals surface area contributed by atoms with Gasteiger partial charge in [0.05, 0.1) is 5.52 Å². The summed E-state index contributed by atoms with van der Waals surface area (Å²) in [4.78, 5) is 0. The van der Waals surface area contributed by atoms with Crippen molar-refractivity contribution in [2.45, 2.75) is 19.9 Å². The Hall–Kier alpha value is -4.10. The first-order chi connectivity index (χ1) is 16.8. The highest BCUT2D eigenvalue weighted by Gasteiger charge is 2.14. The van der Waals surface area contributed by atoms with Gasteiger partial charge < -0.3 is 4.57 Å². The zero-order chi connectivity index (χ0) is 22.6. The molecule has 0 amide bonds. The molecule has 1 nitrogen and oxygen atoms in total. The summed E-state index contributed by atoms with van der Waals surface area (Å²) in [6.07, 6.45) is 0.921. The lowest BCUT2D eigenvalue weighted by atomic mass is 9.92. The first-order valence-electron chi connectivity index (χ1n) is 12.1. The lowest BCUT2D eigenvalue weighted by Gasteiger charge is -2.13. The van der Waals surface area contributed by atoms with Crippen LogP contribution in [0.25, 0.3) is 54.1 Å². The fourth-order valence-electron chi connectivity index (χ4n) is 5.94. The summed E-state index contributed by atoms with van der Waals surface area (Å²) in [5.41, 5.74) is 5.44. The van der Waals surface area contributed by atoms with E-state index in [1.54, 1.807) is 0 Å². The average molecular weight is 436 g/mol. The van der Waals surface area contributed by atoms with Crippen LogP contribution in [0.3, 0.4) is 0 Å². The zero-order valence-corrected chi connectivity index (χ0v) is 19.3. The monoisotopic (exact) mass is 435 g/mol. The van der Waals surface area contributed by atoms with Gasteiger partial charge in [0.25, 0.3) is 0 Å². The number of fused-ring (bicyclic) bond motifs is 9. The van der Waals surface area contributed by atoms with Gasteiger partial charge in [-0.25, -0.2) is 0 Å². The zero-order valence-electron chi connectivity index (χ0n) is 19.3. The van der Waals surface area contributed by atoms with Crippen molar-refractivity contribution >= 4 is 54.1 Å². The summed E-state index contributed by atoms with van der Waals surface area (Å²) in [5.74, 6) is 0. The smallest absolute Gasteiger partial charge is 0.0527 e. The molecule has 0 atom stereocenters. The van der Waals surface area contributed by atoms with Crippen LogP contribution in [0.4, 0.5) is 0 Å². The predicted octanol–water partition coefficient (Wildman–Crippen LogP) is 8.86. The van der Waals surface area contributed by atoms with E-state index in [1.807, 2.05) is 0 Å². The van der Waals surface area contributed by atoms with Gasteiger partial charge in [-0.05, 0) is 62.9 Å². The quantitative estimate of drug-likeness (QED) is 0.244. The third-order valence-corrected chi connectivity index (χ3v) is 7.39. The SMILES string of the molecule is CCn1c2ccccc2c2cccc(Cc3ccc4c5ccccc5c5ccccc5c4c3)c21. The molecule has 0 aliphatic carbocycles. The molecule has 0 unspecified atom stereocenters. The third-order valence-electron chi connectivity index (χ3n) is 7.39.